The zero-order valence-electron chi connectivity index (χ0n) is 27.8. The lowest BCUT2D eigenvalue weighted by Gasteiger charge is -2.54. The summed E-state index contributed by atoms with van der Waals surface area (Å²) in [6.07, 6.45) is -3.01. The number of aliphatic hydroxyl groups is 3. The number of likely N-dealkylation sites (N-methyl/N-ethyl adjacent to an activating group) is 1. The first kappa shape index (κ1) is 35.2. The van der Waals surface area contributed by atoms with Gasteiger partial charge < -0.3 is 46.8 Å². The fourth-order valence-electron chi connectivity index (χ4n) is 6.84. The number of primary amides is 1. The zero-order chi connectivity index (χ0) is 35.7. The van der Waals surface area contributed by atoms with Crippen LogP contribution in [0.4, 0.5) is 15.3 Å². The summed E-state index contributed by atoms with van der Waals surface area (Å²) in [5.41, 5.74) is -0.716. The zero-order valence-corrected chi connectivity index (χ0v) is 27.8. The van der Waals surface area contributed by atoms with E-state index in [0.29, 0.717) is 0 Å². The first-order valence-electron chi connectivity index (χ1n) is 15.0. The molecule has 9 N–H and O–H groups in total. The number of hydrogen-bond acceptors (Lipinski definition) is 11. The first-order chi connectivity index (χ1) is 21.5. The van der Waals surface area contributed by atoms with E-state index in [1.165, 1.54) is 31.1 Å². The third-order valence-electron chi connectivity index (χ3n) is 8.57. The quantitative estimate of drug-likeness (QED) is 0.172. The molecular weight excluding hydrogens is 614 g/mol. The van der Waals surface area contributed by atoms with E-state index < -0.39 is 105 Å². The van der Waals surface area contributed by atoms with Crippen LogP contribution in [-0.2, 0) is 14.3 Å². The normalized spacial score (nSPS) is 27.5. The Morgan fingerprint density at radius 2 is 1.55 bits per heavy atom. The molecule has 0 spiro atoms. The minimum Gasteiger partial charge on any atom is -0.510 e. The molecule has 0 radical (unpaired) electrons. The molecule has 15 nitrogen and oxygen atoms in total. The number of ketones is 2. The van der Waals surface area contributed by atoms with Gasteiger partial charge in [-0.2, -0.15) is 0 Å². The van der Waals surface area contributed by atoms with E-state index in [0.717, 1.165) is 0 Å². The number of nitrogens with zero attached hydrogens (tertiary/aromatic N) is 1. The van der Waals surface area contributed by atoms with Gasteiger partial charge in [0.05, 0.1) is 29.3 Å². The minimum absolute atomic E-state index is 0.139. The first-order valence-corrected chi connectivity index (χ1v) is 15.0. The predicted molar refractivity (Wildman–Crippen MR) is 169 cm³/mol. The average Bonchev–Trinajstić information content (AvgIpc) is 2.89. The van der Waals surface area contributed by atoms with Crippen molar-refractivity contribution < 1.29 is 49.1 Å². The molecule has 3 aliphatic carbocycles. The second-order valence-electron chi connectivity index (χ2n) is 14.5. The van der Waals surface area contributed by atoms with E-state index in [4.69, 9.17) is 10.5 Å². The molecule has 0 saturated carbocycles. The predicted octanol–water partition coefficient (Wildman–Crippen LogP) is 2.10. The number of nitrogens with one attached hydrogen (secondary N) is 3. The maximum Gasteiger partial charge on any atom is 0.409 e. The third-order valence-corrected chi connectivity index (χ3v) is 8.57. The number of phenols is 1. The summed E-state index contributed by atoms with van der Waals surface area (Å²) in [4.78, 5) is 68.5. The SMILES string of the molecule is C[C@H]1c2ccc(NC(=O)NC(C)(C)C)c(O)c2C(=O)C2=C(O)[C@@]3(OC(=O)NC(C)(C)C)C(=O)C(C(N)=O)=C(O)[C@@H](N(C)C)[C@H]3[C@@H](O)[C@H]21. The molecular formula is C32H43N5O10. The molecule has 1 aromatic carbocycles. The summed E-state index contributed by atoms with van der Waals surface area (Å²) in [6.45, 7) is 11.7. The number of aliphatic hydroxyl groups excluding tert-OH is 3. The molecule has 47 heavy (non-hydrogen) atoms. The molecule has 0 aromatic heterocycles. The van der Waals surface area contributed by atoms with Crippen molar-refractivity contribution in [1.29, 1.82) is 0 Å². The Hall–Kier alpha value is -4.63. The van der Waals surface area contributed by atoms with Crippen LogP contribution in [-0.4, -0.2) is 97.8 Å². The van der Waals surface area contributed by atoms with Crippen LogP contribution in [0.5, 0.6) is 5.75 Å². The highest BCUT2D eigenvalue weighted by Crippen LogP contribution is 2.57. The van der Waals surface area contributed by atoms with Crippen molar-refractivity contribution in [2.24, 2.45) is 17.6 Å². The van der Waals surface area contributed by atoms with Crippen LogP contribution in [0.2, 0.25) is 0 Å². The minimum atomic E-state index is -2.92. The molecule has 0 fully saturated rings. The average molecular weight is 658 g/mol. The van der Waals surface area contributed by atoms with E-state index in [2.05, 4.69) is 16.0 Å². The molecule has 3 aliphatic rings. The van der Waals surface area contributed by atoms with Crippen LogP contribution in [0.25, 0.3) is 0 Å². The Bertz CT molecular complexity index is 1630. The number of benzene rings is 1. The number of amides is 4. The number of carbonyl (C=O) groups is 5. The lowest BCUT2D eigenvalue weighted by Crippen LogP contribution is -2.70. The fraction of sp³-hybridized carbons (Fsp3) is 0.531. The van der Waals surface area contributed by atoms with Crippen molar-refractivity contribution in [2.45, 2.75) is 83.2 Å². The Morgan fingerprint density at radius 3 is 2.06 bits per heavy atom. The number of Topliss-reactive ketones (excluding diaryl/α,β-unsaturated/α-hetero) is 2. The van der Waals surface area contributed by atoms with Gasteiger partial charge in [0.25, 0.3) is 5.91 Å². The summed E-state index contributed by atoms with van der Waals surface area (Å²) >= 11 is 0. The fourth-order valence-corrected chi connectivity index (χ4v) is 6.84. The van der Waals surface area contributed by atoms with Crippen molar-refractivity contribution in [1.82, 2.24) is 15.5 Å². The van der Waals surface area contributed by atoms with Gasteiger partial charge in [-0.1, -0.05) is 13.0 Å². The number of alkyl carbamates (subject to hydrolysis) is 1. The number of ether oxygens (including phenoxy) is 1. The van der Waals surface area contributed by atoms with Crippen molar-refractivity contribution in [3.63, 3.8) is 0 Å². The molecule has 0 bridgehead atoms. The highest BCUT2D eigenvalue weighted by Gasteiger charge is 2.70. The summed E-state index contributed by atoms with van der Waals surface area (Å²) < 4.78 is 5.71. The number of phenolic OH excluding ortho intramolecular Hbond substituents is 1. The van der Waals surface area contributed by atoms with Gasteiger partial charge in [-0.25, -0.2) is 9.59 Å². The topological polar surface area (TPSA) is 241 Å². The number of fused-ring (bicyclic) bond motifs is 3. The van der Waals surface area contributed by atoms with Crippen LogP contribution < -0.4 is 21.7 Å². The third kappa shape index (κ3) is 5.78. The van der Waals surface area contributed by atoms with E-state index in [1.54, 1.807) is 48.5 Å². The van der Waals surface area contributed by atoms with Gasteiger partial charge in [-0.15, -0.1) is 0 Å². The van der Waals surface area contributed by atoms with Crippen LogP contribution in [0.3, 0.4) is 0 Å². The van der Waals surface area contributed by atoms with Gasteiger partial charge in [0.2, 0.25) is 11.4 Å². The number of hydrogen-bond donors (Lipinski definition) is 8. The number of carbonyl (C=O) groups excluding carboxylic acids is 5. The van der Waals surface area contributed by atoms with Gasteiger partial charge >= 0.3 is 12.1 Å². The number of anilines is 1. The van der Waals surface area contributed by atoms with Crippen LogP contribution in [0.15, 0.2) is 34.8 Å². The lowest BCUT2D eigenvalue weighted by atomic mass is 9.55. The highest BCUT2D eigenvalue weighted by atomic mass is 16.6. The Labute approximate surface area is 271 Å². The number of nitrogens with two attached hydrogens (primary N) is 1. The number of aromatic hydroxyl groups is 1. The maximum atomic E-state index is 14.3. The molecule has 4 rings (SSSR count). The molecule has 4 amide bonds. The monoisotopic (exact) mass is 657 g/mol. The molecule has 256 valence electrons. The van der Waals surface area contributed by atoms with Crippen LogP contribution >= 0.6 is 0 Å². The standard InChI is InChI=1S/C32H43N5O10/c1-12-13-10-11-14(34-28(45)35-30(2,3)4)21(38)16(13)22(39)17-15(12)23(40)19-20(37(8)9)24(41)18(27(33)44)26(43)32(19,25(17)42)47-29(46)36-31(5,6)7/h10-12,15,19-20,23,38,40-42H,1-9H3,(H2,33,44)(H,36,46)(H2,34,35,45)/t12-,15-,19-,20-,23-,32+/m0/s1. The van der Waals surface area contributed by atoms with Crippen molar-refractivity contribution >= 4 is 35.3 Å². The van der Waals surface area contributed by atoms with Gasteiger partial charge in [0.15, 0.2) is 17.3 Å². The van der Waals surface area contributed by atoms with E-state index in [1.807, 2.05) is 0 Å². The summed E-state index contributed by atoms with van der Waals surface area (Å²) in [6, 6.07) is 0.777. The van der Waals surface area contributed by atoms with Gasteiger partial charge in [-0.3, -0.25) is 19.3 Å². The van der Waals surface area contributed by atoms with Gasteiger partial charge in [0, 0.05) is 22.6 Å². The summed E-state index contributed by atoms with van der Waals surface area (Å²) in [5, 5.41) is 54.4. The van der Waals surface area contributed by atoms with Gasteiger partial charge in [-0.05, 0) is 73.2 Å². The lowest BCUT2D eigenvalue weighted by molar-refractivity contribution is -0.163. The van der Waals surface area contributed by atoms with E-state index in [9.17, 15) is 44.4 Å². The largest absolute Gasteiger partial charge is 0.510 e. The summed E-state index contributed by atoms with van der Waals surface area (Å²) in [7, 11) is 2.93. The maximum absolute atomic E-state index is 14.3. The van der Waals surface area contributed by atoms with Crippen LogP contribution in [0, 0.1) is 11.8 Å². The molecule has 0 aliphatic heterocycles. The highest BCUT2D eigenvalue weighted by molar-refractivity contribution is 6.25. The van der Waals surface area contributed by atoms with Gasteiger partial charge in [0.1, 0.15) is 11.3 Å². The Morgan fingerprint density at radius 1 is 0.979 bits per heavy atom. The van der Waals surface area contributed by atoms with Crippen molar-refractivity contribution in [2.75, 3.05) is 19.4 Å². The second-order valence-corrected chi connectivity index (χ2v) is 14.5. The molecule has 6 atom stereocenters. The number of urea groups is 1. The molecule has 0 heterocycles. The second kappa shape index (κ2) is 11.6. The van der Waals surface area contributed by atoms with E-state index in [-0.39, 0.29) is 16.8 Å². The molecule has 1 aromatic rings. The van der Waals surface area contributed by atoms with Crippen molar-refractivity contribution in [3.05, 3.63) is 45.9 Å². The molecule has 15 heteroatoms. The van der Waals surface area contributed by atoms with E-state index >= 15 is 0 Å². The Kier molecular flexibility index (Phi) is 8.66. The smallest absolute Gasteiger partial charge is 0.409 e. The Balaban J connectivity index is 2.02. The molecule has 0 unspecified atom stereocenters. The van der Waals surface area contributed by atoms with Crippen LogP contribution in [0.1, 0.15) is 70.3 Å². The summed E-state index contributed by atoms with van der Waals surface area (Å²) in [5.74, 6) is -10.1. The number of rotatable bonds is 4. The molecule has 0 saturated heterocycles. The van der Waals surface area contributed by atoms with Crippen molar-refractivity contribution in [3.8, 4) is 5.75 Å².